The van der Waals surface area contributed by atoms with Crippen molar-refractivity contribution in [2.75, 3.05) is 21.2 Å². The molecule has 21 heavy (non-hydrogen) atoms. The minimum atomic E-state index is -0.361. The van der Waals surface area contributed by atoms with Gasteiger partial charge in [0, 0.05) is 12.6 Å². The Morgan fingerprint density at radius 1 is 1.19 bits per heavy atom. The van der Waals surface area contributed by atoms with Gasteiger partial charge in [0.15, 0.2) is 0 Å². The fraction of sp³-hybridized carbons (Fsp3) is 0.250. The van der Waals surface area contributed by atoms with Gasteiger partial charge in [0.1, 0.15) is 5.75 Å². The van der Waals surface area contributed by atoms with E-state index in [1.165, 1.54) is 6.07 Å². The Hall–Kier alpha value is -2.40. The number of nitro benzene ring substituents is 1. The molecule has 2 aromatic rings. The number of methoxy groups -OCH3 is 1. The van der Waals surface area contributed by atoms with E-state index in [0.29, 0.717) is 11.3 Å². The van der Waals surface area contributed by atoms with Gasteiger partial charge in [-0.3, -0.25) is 10.1 Å². The van der Waals surface area contributed by atoms with Crippen LogP contribution in [0.3, 0.4) is 0 Å². The number of hydrogen-bond donors (Lipinski definition) is 0. The summed E-state index contributed by atoms with van der Waals surface area (Å²) >= 11 is 0. The van der Waals surface area contributed by atoms with Crippen molar-refractivity contribution in [1.29, 1.82) is 0 Å². The number of nitro groups is 1. The summed E-state index contributed by atoms with van der Waals surface area (Å²) in [5.74, 6) is 0.697. The third-order valence-corrected chi connectivity index (χ3v) is 3.11. The Morgan fingerprint density at radius 2 is 1.90 bits per heavy atom. The maximum Gasteiger partial charge on any atom is 0.277 e. The monoisotopic (exact) mass is 286 g/mol. The fourth-order valence-electron chi connectivity index (χ4n) is 2.27. The second-order valence-corrected chi connectivity index (χ2v) is 5.08. The SMILES string of the molecule is COc1cc(CN(C)C)cc(-c2ccccc2[N+](=O)[O-])c1. The fourth-order valence-corrected chi connectivity index (χ4v) is 2.27. The molecule has 0 unspecified atom stereocenters. The van der Waals surface area contributed by atoms with Gasteiger partial charge in [-0.15, -0.1) is 0 Å². The van der Waals surface area contributed by atoms with Gasteiger partial charge in [-0.1, -0.05) is 12.1 Å². The van der Waals surface area contributed by atoms with Crippen molar-refractivity contribution < 1.29 is 9.66 Å². The first-order valence-electron chi connectivity index (χ1n) is 6.57. The van der Waals surface area contributed by atoms with E-state index in [0.717, 1.165) is 17.7 Å². The standard InChI is InChI=1S/C16H18N2O3/c1-17(2)11-12-8-13(10-14(9-12)21-3)15-6-4-5-7-16(15)18(19)20/h4-10H,11H2,1-3H3. The van der Waals surface area contributed by atoms with E-state index in [9.17, 15) is 10.1 Å². The molecule has 5 heteroatoms. The quantitative estimate of drug-likeness (QED) is 0.625. The van der Waals surface area contributed by atoms with E-state index in [2.05, 4.69) is 0 Å². The first-order chi connectivity index (χ1) is 10.0. The molecule has 0 heterocycles. The van der Waals surface area contributed by atoms with Gasteiger partial charge in [-0.2, -0.15) is 0 Å². The second-order valence-electron chi connectivity index (χ2n) is 5.08. The van der Waals surface area contributed by atoms with Crippen LogP contribution in [0.2, 0.25) is 0 Å². The first kappa shape index (κ1) is 15.0. The molecule has 5 nitrogen and oxygen atoms in total. The van der Waals surface area contributed by atoms with Crippen LogP contribution in [-0.2, 0) is 6.54 Å². The molecule has 110 valence electrons. The summed E-state index contributed by atoms with van der Waals surface area (Å²) in [7, 11) is 5.55. The van der Waals surface area contributed by atoms with Crippen LogP contribution in [-0.4, -0.2) is 31.0 Å². The summed E-state index contributed by atoms with van der Waals surface area (Å²) in [5, 5.41) is 11.2. The highest BCUT2D eigenvalue weighted by atomic mass is 16.6. The summed E-state index contributed by atoms with van der Waals surface area (Å²) in [6, 6.07) is 12.5. The Morgan fingerprint density at radius 3 is 2.52 bits per heavy atom. The molecular weight excluding hydrogens is 268 g/mol. The van der Waals surface area contributed by atoms with Gasteiger partial charge in [-0.25, -0.2) is 0 Å². The van der Waals surface area contributed by atoms with Gasteiger partial charge < -0.3 is 9.64 Å². The zero-order valence-corrected chi connectivity index (χ0v) is 12.4. The van der Waals surface area contributed by atoms with Crippen molar-refractivity contribution >= 4 is 5.69 Å². The molecule has 2 aromatic carbocycles. The van der Waals surface area contributed by atoms with Crippen LogP contribution in [0.25, 0.3) is 11.1 Å². The smallest absolute Gasteiger partial charge is 0.277 e. The zero-order chi connectivity index (χ0) is 15.4. The highest BCUT2D eigenvalue weighted by molar-refractivity contribution is 5.75. The average Bonchev–Trinajstić information content (AvgIpc) is 2.46. The van der Waals surface area contributed by atoms with E-state index < -0.39 is 0 Å². The van der Waals surface area contributed by atoms with E-state index >= 15 is 0 Å². The van der Waals surface area contributed by atoms with Gasteiger partial charge in [0.25, 0.3) is 5.69 Å². The molecule has 0 fully saturated rings. The average molecular weight is 286 g/mol. The van der Waals surface area contributed by atoms with Crippen LogP contribution >= 0.6 is 0 Å². The molecule has 0 aliphatic rings. The molecule has 0 spiro atoms. The highest BCUT2D eigenvalue weighted by Crippen LogP contribution is 2.32. The van der Waals surface area contributed by atoms with Crippen molar-refractivity contribution in [3.05, 3.63) is 58.1 Å². The number of benzene rings is 2. The molecule has 0 amide bonds. The van der Waals surface area contributed by atoms with Crippen molar-refractivity contribution in [1.82, 2.24) is 4.90 Å². The minimum absolute atomic E-state index is 0.0987. The third-order valence-electron chi connectivity index (χ3n) is 3.11. The van der Waals surface area contributed by atoms with E-state index in [1.54, 1.807) is 25.3 Å². The molecule has 0 bridgehead atoms. The van der Waals surface area contributed by atoms with Crippen LogP contribution in [0.5, 0.6) is 5.75 Å². The van der Waals surface area contributed by atoms with Crippen LogP contribution in [0.4, 0.5) is 5.69 Å². The van der Waals surface area contributed by atoms with Gasteiger partial charge in [-0.05, 0) is 49.5 Å². The molecule has 0 saturated heterocycles. The molecule has 0 aliphatic carbocycles. The number of nitrogens with zero attached hydrogens (tertiary/aromatic N) is 2. The van der Waals surface area contributed by atoms with Crippen molar-refractivity contribution in [2.24, 2.45) is 0 Å². The van der Waals surface area contributed by atoms with Crippen molar-refractivity contribution in [2.45, 2.75) is 6.54 Å². The third kappa shape index (κ3) is 3.58. The van der Waals surface area contributed by atoms with Crippen LogP contribution in [0, 0.1) is 10.1 Å². The maximum absolute atomic E-state index is 11.2. The molecule has 0 atom stereocenters. The van der Waals surface area contributed by atoms with Crippen molar-refractivity contribution in [3.8, 4) is 16.9 Å². The van der Waals surface area contributed by atoms with Crippen LogP contribution in [0.15, 0.2) is 42.5 Å². The lowest BCUT2D eigenvalue weighted by Gasteiger charge is -2.13. The number of hydrogen-bond acceptors (Lipinski definition) is 4. The Kier molecular flexibility index (Phi) is 4.55. The van der Waals surface area contributed by atoms with Gasteiger partial charge in [0.05, 0.1) is 17.6 Å². The highest BCUT2D eigenvalue weighted by Gasteiger charge is 2.15. The minimum Gasteiger partial charge on any atom is -0.497 e. The summed E-state index contributed by atoms with van der Waals surface area (Å²) in [6.07, 6.45) is 0. The molecule has 0 aliphatic heterocycles. The molecule has 0 N–H and O–H groups in total. The summed E-state index contributed by atoms with van der Waals surface area (Å²) in [4.78, 5) is 12.9. The summed E-state index contributed by atoms with van der Waals surface area (Å²) < 4.78 is 5.31. The van der Waals surface area contributed by atoms with Gasteiger partial charge >= 0.3 is 0 Å². The topological polar surface area (TPSA) is 55.6 Å². The van der Waals surface area contributed by atoms with E-state index in [-0.39, 0.29) is 10.6 Å². The number of ether oxygens (including phenoxy) is 1. The lowest BCUT2D eigenvalue weighted by atomic mass is 10.0. The van der Waals surface area contributed by atoms with E-state index in [1.807, 2.05) is 37.2 Å². The second kappa shape index (κ2) is 6.37. The molecule has 0 aromatic heterocycles. The Bertz CT molecular complexity index is 654. The van der Waals surface area contributed by atoms with Crippen molar-refractivity contribution in [3.63, 3.8) is 0 Å². The Labute approximate surface area is 123 Å². The van der Waals surface area contributed by atoms with Gasteiger partial charge in [0.2, 0.25) is 0 Å². The molecule has 2 rings (SSSR count). The molecule has 0 radical (unpaired) electrons. The van der Waals surface area contributed by atoms with Crippen LogP contribution in [0.1, 0.15) is 5.56 Å². The lowest BCUT2D eigenvalue weighted by molar-refractivity contribution is -0.384. The summed E-state index contributed by atoms with van der Waals surface area (Å²) in [5.41, 5.74) is 2.54. The lowest BCUT2D eigenvalue weighted by Crippen LogP contribution is -2.10. The largest absolute Gasteiger partial charge is 0.497 e. The first-order valence-corrected chi connectivity index (χ1v) is 6.57. The van der Waals surface area contributed by atoms with E-state index in [4.69, 9.17) is 4.74 Å². The zero-order valence-electron chi connectivity index (χ0n) is 12.4. The van der Waals surface area contributed by atoms with Crippen LogP contribution < -0.4 is 4.74 Å². The molecular formula is C16H18N2O3. The molecule has 0 saturated carbocycles. The number of para-hydroxylation sites is 1. The summed E-state index contributed by atoms with van der Waals surface area (Å²) in [6.45, 7) is 0.741. The predicted molar refractivity (Wildman–Crippen MR) is 82.5 cm³/mol. The Balaban J connectivity index is 2.55. The maximum atomic E-state index is 11.2. The predicted octanol–water partition coefficient (Wildman–Crippen LogP) is 3.33. The number of rotatable bonds is 5. The normalized spacial score (nSPS) is 10.7.